The number of hydrogen-bond donors (Lipinski definition) is 3. The van der Waals surface area contributed by atoms with Gasteiger partial charge in [-0.1, -0.05) is 45.4 Å². The van der Waals surface area contributed by atoms with Gasteiger partial charge in [0.2, 0.25) is 0 Å². The fraction of sp³-hybridized carbons (Fsp3) is 1.00. The highest BCUT2D eigenvalue weighted by Crippen LogP contribution is 2.21. The quantitative estimate of drug-likeness (QED) is 0.338. The van der Waals surface area contributed by atoms with Crippen LogP contribution in [0.5, 0.6) is 0 Å². The zero-order chi connectivity index (χ0) is 17.2. The van der Waals surface area contributed by atoms with E-state index in [9.17, 15) is 0 Å². The minimum atomic E-state index is 0.791. The van der Waals surface area contributed by atoms with Gasteiger partial charge < -0.3 is 22.1 Å². The molecular weight excluding hydrogens is 284 g/mol. The van der Waals surface area contributed by atoms with Crippen LogP contribution >= 0.6 is 0 Å². The fourth-order valence-electron chi connectivity index (χ4n) is 3.24. The molecule has 0 aromatic heterocycles. The second-order valence-electron chi connectivity index (χ2n) is 6.91. The Labute approximate surface area is 145 Å². The van der Waals surface area contributed by atoms with Crippen molar-refractivity contribution in [1.29, 1.82) is 0 Å². The maximum atomic E-state index is 5.67. The molecule has 0 spiro atoms. The van der Waals surface area contributed by atoms with Gasteiger partial charge in [-0.25, -0.2) is 0 Å². The molecule has 140 valence electrons. The second kappa shape index (κ2) is 18.2. The molecule has 0 aromatic rings. The first kappa shape index (κ1) is 22.8. The first-order valence-corrected chi connectivity index (χ1v) is 10.1. The van der Waals surface area contributed by atoms with Gasteiger partial charge in [-0.15, -0.1) is 0 Å². The van der Waals surface area contributed by atoms with E-state index in [0.717, 1.165) is 51.5 Å². The van der Waals surface area contributed by atoms with E-state index in [-0.39, 0.29) is 0 Å². The van der Waals surface area contributed by atoms with Crippen molar-refractivity contribution in [3.8, 4) is 0 Å². The normalized spacial score (nSPS) is 12.9. The van der Waals surface area contributed by atoms with Crippen LogP contribution in [0.25, 0.3) is 0 Å². The molecule has 0 aliphatic heterocycles. The molecule has 0 rings (SSSR count). The maximum absolute atomic E-state index is 5.67. The molecule has 6 N–H and O–H groups in total. The van der Waals surface area contributed by atoms with Crippen molar-refractivity contribution in [2.24, 2.45) is 23.1 Å². The van der Waals surface area contributed by atoms with Crippen LogP contribution in [-0.4, -0.2) is 44.2 Å². The number of nitrogens with zero attached hydrogens (tertiary/aromatic N) is 1. The third-order valence-electron chi connectivity index (χ3n) is 4.73. The second-order valence-corrected chi connectivity index (χ2v) is 6.91. The number of unbranched alkanes of at least 4 members (excludes halogenated alkanes) is 3. The topological polar surface area (TPSA) is 81.3 Å². The zero-order valence-corrected chi connectivity index (χ0v) is 15.8. The molecule has 4 heteroatoms. The Bertz CT molecular complexity index is 185. The smallest absolute Gasteiger partial charge is 0.000671 e. The van der Waals surface area contributed by atoms with Gasteiger partial charge in [0.25, 0.3) is 0 Å². The van der Waals surface area contributed by atoms with Crippen molar-refractivity contribution in [2.75, 3.05) is 39.3 Å². The van der Waals surface area contributed by atoms with Gasteiger partial charge in [0, 0.05) is 0 Å². The molecule has 0 aromatic carbocycles. The van der Waals surface area contributed by atoms with Crippen molar-refractivity contribution in [3.05, 3.63) is 0 Å². The lowest BCUT2D eigenvalue weighted by atomic mass is 9.91. The summed E-state index contributed by atoms with van der Waals surface area (Å²) >= 11 is 0. The SMILES string of the molecule is CCCCC(CCCN)CCCCCN(CCCN)CCCN. The molecule has 0 aliphatic carbocycles. The monoisotopic (exact) mass is 328 g/mol. The first-order valence-electron chi connectivity index (χ1n) is 10.1. The third-order valence-corrected chi connectivity index (χ3v) is 4.73. The molecule has 1 unspecified atom stereocenters. The molecule has 4 nitrogen and oxygen atoms in total. The van der Waals surface area contributed by atoms with E-state index in [4.69, 9.17) is 17.2 Å². The third kappa shape index (κ3) is 15.1. The van der Waals surface area contributed by atoms with Gasteiger partial charge in [-0.05, 0) is 77.3 Å². The lowest BCUT2D eigenvalue weighted by molar-refractivity contribution is 0.261. The predicted octanol–water partition coefficient (Wildman–Crippen LogP) is 3.09. The Morgan fingerprint density at radius 3 is 1.70 bits per heavy atom. The van der Waals surface area contributed by atoms with Crippen LogP contribution in [0.3, 0.4) is 0 Å². The van der Waals surface area contributed by atoms with E-state index in [1.165, 1.54) is 64.3 Å². The largest absolute Gasteiger partial charge is 0.330 e. The lowest BCUT2D eigenvalue weighted by Crippen LogP contribution is -2.29. The molecular formula is C19H44N4. The van der Waals surface area contributed by atoms with Crippen molar-refractivity contribution in [1.82, 2.24) is 4.90 Å². The first-order chi connectivity index (χ1) is 11.3. The highest BCUT2D eigenvalue weighted by atomic mass is 15.1. The molecule has 0 fully saturated rings. The molecule has 0 bridgehead atoms. The van der Waals surface area contributed by atoms with E-state index in [1.54, 1.807) is 0 Å². The van der Waals surface area contributed by atoms with Crippen LogP contribution < -0.4 is 17.2 Å². The van der Waals surface area contributed by atoms with Crippen LogP contribution in [0, 0.1) is 5.92 Å². The number of rotatable bonds is 18. The summed E-state index contributed by atoms with van der Waals surface area (Å²) in [6.07, 6.45) is 14.3. The van der Waals surface area contributed by atoms with Crippen LogP contribution in [0.4, 0.5) is 0 Å². The average Bonchev–Trinajstić information content (AvgIpc) is 2.57. The number of nitrogens with two attached hydrogens (primary N) is 3. The summed E-state index contributed by atoms with van der Waals surface area (Å²) < 4.78 is 0. The zero-order valence-electron chi connectivity index (χ0n) is 15.8. The molecule has 0 amide bonds. The van der Waals surface area contributed by atoms with Gasteiger partial charge in [-0.2, -0.15) is 0 Å². The van der Waals surface area contributed by atoms with Crippen molar-refractivity contribution >= 4 is 0 Å². The van der Waals surface area contributed by atoms with Gasteiger partial charge in [0.1, 0.15) is 0 Å². The molecule has 0 aliphatic rings. The maximum Gasteiger partial charge on any atom is -0.000671 e. The van der Waals surface area contributed by atoms with Gasteiger partial charge in [-0.3, -0.25) is 0 Å². The lowest BCUT2D eigenvalue weighted by Gasteiger charge is -2.22. The van der Waals surface area contributed by atoms with E-state index in [0.29, 0.717) is 0 Å². The van der Waals surface area contributed by atoms with Crippen molar-refractivity contribution in [2.45, 2.75) is 77.6 Å². The molecule has 23 heavy (non-hydrogen) atoms. The van der Waals surface area contributed by atoms with Gasteiger partial charge in [0.05, 0.1) is 0 Å². The summed E-state index contributed by atoms with van der Waals surface area (Å²) in [5.74, 6) is 0.907. The van der Waals surface area contributed by atoms with Crippen LogP contribution in [0.1, 0.15) is 77.6 Å². The van der Waals surface area contributed by atoms with Crippen LogP contribution in [-0.2, 0) is 0 Å². The minimum Gasteiger partial charge on any atom is -0.330 e. The summed E-state index contributed by atoms with van der Waals surface area (Å²) in [7, 11) is 0. The summed E-state index contributed by atoms with van der Waals surface area (Å²) in [6, 6.07) is 0. The standard InChI is InChI=1S/C19H44N4/c1-2-3-10-19(12-7-13-20)11-5-4-6-16-23(17-8-14-21)18-9-15-22/h19H,2-18,20-22H2,1H3. The van der Waals surface area contributed by atoms with Crippen LogP contribution in [0.15, 0.2) is 0 Å². The molecule has 0 heterocycles. The Morgan fingerprint density at radius 1 is 0.609 bits per heavy atom. The molecule has 0 saturated carbocycles. The van der Waals surface area contributed by atoms with Gasteiger partial charge in [0.15, 0.2) is 0 Å². The Hall–Kier alpha value is -0.160. The molecule has 0 radical (unpaired) electrons. The highest BCUT2D eigenvalue weighted by molar-refractivity contribution is 4.63. The minimum absolute atomic E-state index is 0.791. The molecule has 0 saturated heterocycles. The Kier molecular flexibility index (Phi) is 18.1. The molecule has 1 atom stereocenters. The van der Waals surface area contributed by atoms with Crippen molar-refractivity contribution in [3.63, 3.8) is 0 Å². The van der Waals surface area contributed by atoms with E-state index < -0.39 is 0 Å². The van der Waals surface area contributed by atoms with E-state index in [2.05, 4.69) is 11.8 Å². The fourth-order valence-corrected chi connectivity index (χ4v) is 3.24. The van der Waals surface area contributed by atoms with E-state index in [1.807, 2.05) is 0 Å². The Morgan fingerprint density at radius 2 is 1.13 bits per heavy atom. The predicted molar refractivity (Wildman–Crippen MR) is 104 cm³/mol. The number of hydrogen-bond acceptors (Lipinski definition) is 4. The van der Waals surface area contributed by atoms with Crippen LogP contribution in [0.2, 0.25) is 0 Å². The summed E-state index contributed by atoms with van der Waals surface area (Å²) in [6.45, 7) is 8.19. The summed E-state index contributed by atoms with van der Waals surface area (Å²) in [5.41, 5.74) is 16.9. The highest BCUT2D eigenvalue weighted by Gasteiger charge is 2.08. The van der Waals surface area contributed by atoms with E-state index >= 15 is 0 Å². The van der Waals surface area contributed by atoms with Crippen molar-refractivity contribution < 1.29 is 0 Å². The summed E-state index contributed by atoms with van der Waals surface area (Å²) in [5, 5.41) is 0. The average molecular weight is 329 g/mol. The Balaban J connectivity index is 3.81. The summed E-state index contributed by atoms with van der Waals surface area (Å²) in [4.78, 5) is 2.54. The van der Waals surface area contributed by atoms with Gasteiger partial charge >= 0.3 is 0 Å².